The molecule has 0 spiro atoms. The number of halogens is 2. The van der Waals surface area contributed by atoms with E-state index < -0.39 is 0 Å². The van der Waals surface area contributed by atoms with E-state index in [1.54, 1.807) is 18.2 Å². The zero-order valence-corrected chi connectivity index (χ0v) is 20.2. The van der Waals surface area contributed by atoms with E-state index in [9.17, 15) is 8.78 Å². The van der Waals surface area contributed by atoms with Gasteiger partial charge < -0.3 is 9.09 Å². The zero-order valence-electron chi connectivity index (χ0n) is 20.2. The van der Waals surface area contributed by atoms with Crippen molar-refractivity contribution in [1.29, 1.82) is 0 Å². The Hall–Kier alpha value is -4.65. The second kappa shape index (κ2) is 11.0. The predicted octanol–water partition coefficient (Wildman–Crippen LogP) is 7.38. The molecule has 0 atom stereocenters. The molecule has 0 radical (unpaired) electrons. The van der Waals surface area contributed by atoms with Gasteiger partial charge in [0.1, 0.15) is 17.2 Å². The van der Waals surface area contributed by atoms with E-state index >= 15 is 0 Å². The van der Waals surface area contributed by atoms with Gasteiger partial charge in [0.15, 0.2) is 11.6 Å². The largest absolute Gasteiger partial charge is 0.359 e. The normalized spacial score (nSPS) is 12.7. The van der Waals surface area contributed by atoms with Crippen LogP contribution in [0, 0.1) is 5.82 Å². The predicted molar refractivity (Wildman–Crippen MR) is 141 cm³/mol. The Morgan fingerprint density at radius 3 is 2.51 bits per heavy atom. The highest BCUT2D eigenvalue weighted by Crippen LogP contribution is 2.27. The van der Waals surface area contributed by atoms with E-state index in [4.69, 9.17) is 4.52 Å². The van der Waals surface area contributed by atoms with Crippen LogP contribution in [0.3, 0.4) is 0 Å². The molecule has 0 saturated heterocycles. The molecule has 7 heteroatoms. The summed E-state index contributed by atoms with van der Waals surface area (Å²) in [5, 5.41) is 4.26. The molecule has 1 aliphatic carbocycles. The minimum atomic E-state index is -0.336. The van der Waals surface area contributed by atoms with Crippen molar-refractivity contribution in [3.05, 3.63) is 121 Å². The van der Waals surface area contributed by atoms with Gasteiger partial charge in [0, 0.05) is 24.0 Å². The van der Waals surface area contributed by atoms with Gasteiger partial charge in [0.25, 0.3) is 0 Å². The monoisotopic (exact) mass is 494 g/mol. The van der Waals surface area contributed by atoms with Gasteiger partial charge in [-0.25, -0.2) is 14.4 Å². The summed E-state index contributed by atoms with van der Waals surface area (Å²) in [5.41, 5.74) is 5.93. The third-order valence-electron chi connectivity index (χ3n) is 5.93. The van der Waals surface area contributed by atoms with Crippen LogP contribution in [0.1, 0.15) is 17.7 Å². The van der Waals surface area contributed by atoms with Crippen molar-refractivity contribution in [1.82, 2.24) is 19.7 Å². The second-order valence-electron chi connectivity index (χ2n) is 8.36. The molecule has 0 fully saturated rings. The Balaban J connectivity index is 0.00000137. The molecule has 2 aromatic carbocycles. The zero-order chi connectivity index (χ0) is 25.6. The first-order chi connectivity index (χ1) is 18.2. The third-order valence-corrected chi connectivity index (χ3v) is 5.93. The summed E-state index contributed by atoms with van der Waals surface area (Å²) in [4.78, 5) is 8.99. The van der Waals surface area contributed by atoms with Crippen LogP contribution in [0.4, 0.5) is 8.78 Å². The summed E-state index contributed by atoms with van der Waals surface area (Å²) in [6.45, 7) is 0.493. The van der Waals surface area contributed by atoms with Crippen molar-refractivity contribution in [3.63, 3.8) is 0 Å². The lowest BCUT2D eigenvalue weighted by molar-refractivity contribution is 0.378. The SMILES string of the molecule is CF.Fc1ccccc1-c1nc2ccn(Cc3cc(-c4ccc(C5=CC=CCC=C5)cc4)no3)cc-2n1. The lowest BCUT2D eigenvalue weighted by Gasteiger charge is -2.05. The highest BCUT2D eigenvalue weighted by Gasteiger charge is 2.16. The number of imidazole rings is 1. The highest BCUT2D eigenvalue weighted by atomic mass is 19.1. The third kappa shape index (κ3) is 5.30. The number of pyridine rings is 1. The van der Waals surface area contributed by atoms with Crippen molar-refractivity contribution in [2.24, 2.45) is 0 Å². The number of hydrogen-bond donors (Lipinski definition) is 0. The van der Waals surface area contributed by atoms with Gasteiger partial charge in [-0.15, -0.1) is 0 Å². The molecule has 2 aliphatic heterocycles. The maximum atomic E-state index is 14.1. The summed E-state index contributed by atoms with van der Waals surface area (Å²) in [6.07, 6.45) is 15.4. The quantitative estimate of drug-likeness (QED) is 0.256. The molecule has 0 N–H and O–H groups in total. The molecule has 37 heavy (non-hydrogen) atoms. The Morgan fingerprint density at radius 1 is 0.892 bits per heavy atom. The molecule has 0 unspecified atom stereocenters. The number of aromatic nitrogens is 4. The molecule has 5 nitrogen and oxygen atoms in total. The summed E-state index contributed by atoms with van der Waals surface area (Å²) in [7, 11) is 0.500. The number of allylic oxidation sites excluding steroid dienone is 6. The minimum absolute atomic E-state index is 0.336. The average molecular weight is 495 g/mol. The molecule has 0 saturated carbocycles. The maximum absolute atomic E-state index is 14.1. The van der Waals surface area contributed by atoms with Crippen LogP contribution in [0.25, 0.3) is 39.6 Å². The van der Waals surface area contributed by atoms with E-state index in [-0.39, 0.29) is 5.82 Å². The summed E-state index contributed by atoms with van der Waals surface area (Å²) in [6, 6.07) is 18.7. The average Bonchev–Trinajstić information content (AvgIpc) is 3.48. The van der Waals surface area contributed by atoms with E-state index in [2.05, 4.69) is 69.8 Å². The fourth-order valence-corrected chi connectivity index (χ4v) is 4.12. The molecule has 6 rings (SSSR count). The van der Waals surface area contributed by atoms with E-state index in [0.717, 1.165) is 29.0 Å². The molecule has 3 heterocycles. The van der Waals surface area contributed by atoms with Gasteiger partial charge in [-0.05, 0) is 35.8 Å². The first-order valence-corrected chi connectivity index (χ1v) is 11.8. The first-order valence-electron chi connectivity index (χ1n) is 11.8. The van der Waals surface area contributed by atoms with Gasteiger partial charge in [0.2, 0.25) is 0 Å². The van der Waals surface area contributed by atoms with Crippen molar-refractivity contribution in [2.45, 2.75) is 13.0 Å². The number of rotatable bonds is 5. The first kappa shape index (κ1) is 24.1. The highest BCUT2D eigenvalue weighted by molar-refractivity contribution is 5.77. The standard InChI is InChI=1S/C29H21FN4O.CH3F/c30-25-10-6-5-9-24(25)29-31-26-15-16-34(19-28(26)32-29)18-23-17-27(33-35-23)22-13-11-21(12-14-22)20-7-3-1-2-4-8-20;1-2/h1,3-17,19H,2,18H2;1H3. The van der Waals surface area contributed by atoms with Crippen LogP contribution in [0.2, 0.25) is 0 Å². The Labute approximate surface area is 213 Å². The lowest BCUT2D eigenvalue weighted by atomic mass is 10.0. The van der Waals surface area contributed by atoms with Gasteiger partial charge in [-0.3, -0.25) is 4.39 Å². The molecule has 0 amide bonds. The van der Waals surface area contributed by atoms with Crippen molar-refractivity contribution >= 4 is 5.57 Å². The van der Waals surface area contributed by atoms with E-state index in [1.165, 1.54) is 11.6 Å². The van der Waals surface area contributed by atoms with Gasteiger partial charge in [-0.1, -0.05) is 71.9 Å². The summed E-state index contributed by atoms with van der Waals surface area (Å²) >= 11 is 0. The molecule has 0 bridgehead atoms. The van der Waals surface area contributed by atoms with Gasteiger partial charge in [-0.2, -0.15) is 0 Å². The number of fused-ring (bicyclic) bond motifs is 1. The summed E-state index contributed by atoms with van der Waals surface area (Å²) < 4.78 is 31.2. The molecule has 3 aromatic rings. The fraction of sp³-hybridized carbons (Fsp3) is 0.100. The molecular weight excluding hydrogens is 470 g/mol. The lowest BCUT2D eigenvalue weighted by Crippen LogP contribution is -1.99. The van der Waals surface area contributed by atoms with Gasteiger partial charge >= 0.3 is 0 Å². The van der Waals surface area contributed by atoms with E-state index in [0.29, 0.717) is 36.5 Å². The smallest absolute Gasteiger partial charge is 0.163 e. The van der Waals surface area contributed by atoms with Crippen LogP contribution in [-0.2, 0) is 6.54 Å². The minimum Gasteiger partial charge on any atom is -0.359 e. The van der Waals surface area contributed by atoms with E-state index in [1.807, 2.05) is 29.1 Å². The Bertz CT molecular complexity index is 1560. The van der Waals surface area contributed by atoms with Crippen LogP contribution < -0.4 is 0 Å². The van der Waals surface area contributed by atoms with Crippen molar-refractivity contribution < 1.29 is 13.3 Å². The fourth-order valence-electron chi connectivity index (χ4n) is 4.12. The molecule has 184 valence electrons. The van der Waals surface area contributed by atoms with Crippen molar-refractivity contribution in [2.75, 3.05) is 7.18 Å². The number of alkyl halides is 1. The van der Waals surface area contributed by atoms with Gasteiger partial charge in [0.05, 0.1) is 25.0 Å². The Morgan fingerprint density at radius 2 is 1.68 bits per heavy atom. The molecule has 1 aromatic heterocycles. The van der Waals surface area contributed by atoms with Crippen LogP contribution >= 0.6 is 0 Å². The topological polar surface area (TPSA) is 56.7 Å². The molecular formula is C30H24F2N4O. The van der Waals surface area contributed by atoms with Crippen LogP contribution in [0.5, 0.6) is 0 Å². The maximum Gasteiger partial charge on any atom is 0.163 e. The second-order valence-corrected chi connectivity index (χ2v) is 8.36. The number of benzene rings is 2. The van der Waals surface area contributed by atoms with Crippen LogP contribution in [-0.4, -0.2) is 26.9 Å². The van der Waals surface area contributed by atoms with Crippen LogP contribution in [0.15, 0.2) is 108 Å². The van der Waals surface area contributed by atoms with Crippen molar-refractivity contribution in [3.8, 4) is 34.0 Å². The molecule has 3 aliphatic rings. The number of nitrogens with zero attached hydrogens (tertiary/aromatic N) is 4. The summed E-state index contributed by atoms with van der Waals surface area (Å²) in [5.74, 6) is 0.770. The Kier molecular flexibility index (Phi) is 7.12. The number of hydrogen-bond acceptors (Lipinski definition) is 4.